The molecule has 33 heavy (non-hydrogen) atoms. The Kier molecular flexibility index (Phi) is 9.94. The Morgan fingerprint density at radius 3 is 1.58 bits per heavy atom. The van der Waals surface area contributed by atoms with Gasteiger partial charge < -0.3 is 9.47 Å². The second-order valence-corrected chi connectivity index (χ2v) is 12.9. The van der Waals surface area contributed by atoms with E-state index in [1.807, 2.05) is 76.2 Å². The third-order valence-electron chi connectivity index (χ3n) is 7.84. The molecule has 5 nitrogen and oxygen atoms in total. The average Bonchev–Trinajstić information content (AvgIpc) is 2.64. The smallest absolute Gasteiger partial charge is 0.166 e. The molecular formula is C28H52O5. The van der Waals surface area contributed by atoms with Crippen molar-refractivity contribution in [2.24, 2.45) is 16.2 Å². The molecule has 3 atom stereocenters. The third kappa shape index (κ3) is 7.45. The summed E-state index contributed by atoms with van der Waals surface area (Å²) in [5, 5.41) is 0. The minimum Gasteiger partial charge on any atom is -0.364 e. The van der Waals surface area contributed by atoms with Crippen LogP contribution >= 0.6 is 0 Å². The molecule has 0 aromatic rings. The topological polar surface area (TPSA) is 69.7 Å². The molecule has 3 unspecified atom stereocenters. The van der Waals surface area contributed by atoms with Crippen LogP contribution in [0.5, 0.6) is 0 Å². The highest BCUT2D eigenvalue weighted by atomic mass is 16.5. The number of hydrogen-bond donors (Lipinski definition) is 0. The van der Waals surface area contributed by atoms with E-state index in [2.05, 4.69) is 0 Å². The van der Waals surface area contributed by atoms with E-state index < -0.39 is 39.2 Å². The third-order valence-corrected chi connectivity index (χ3v) is 7.84. The standard InChI is InChI=1S/C28H52O5/c1-16-27(14,18-28(15,17-2)33-25(10,11)20(4)29)22(31)24(8,9)26(12,13)32-19(3)21(30)23(5,6)7/h19H,16-18H2,1-15H3. The number of rotatable bonds is 13. The fraction of sp³-hybridized carbons (Fsp3) is 0.893. The highest BCUT2D eigenvalue weighted by Crippen LogP contribution is 2.47. The fourth-order valence-electron chi connectivity index (χ4n) is 4.39. The van der Waals surface area contributed by atoms with Crippen LogP contribution in [-0.2, 0) is 23.9 Å². The molecule has 5 heteroatoms. The Morgan fingerprint density at radius 2 is 1.24 bits per heavy atom. The molecule has 0 aliphatic rings. The van der Waals surface area contributed by atoms with Crippen LogP contribution in [0.2, 0.25) is 0 Å². The largest absolute Gasteiger partial charge is 0.364 e. The van der Waals surface area contributed by atoms with Gasteiger partial charge in [0.15, 0.2) is 11.6 Å². The first-order valence-electron chi connectivity index (χ1n) is 12.4. The molecule has 0 heterocycles. The van der Waals surface area contributed by atoms with E-state index in [0.29, 0.717) is 19.3 Å². The zero-order chi connectivity index (χ0) is 26.8. The van der Waals surface area contributed by atoms with Crippen LogP contribution in [0.3, 0.4) is 0 Å². The predicted octanol–water partition coefficient (Wildman–Crippen LogP) is 6.74. The van der Waals surface area contributed by atoms with Crippen molar-refractivity contribution in [3.8, 4) is 0 Å². The first kappa shape index (κ1) is 31.9. The summed E-state index contributed by atoms with van der Waals surface area (Å²) in [7, 11) is 0. The van der Waals surface area contributed by atoms with E-state index in [4.69, 9.17) is 9.47 Å². The minimum atomic E-state index is -0.927. The normalized spacial score (nSPS) is 18.3. The van der Waals surface area contributed by atoms with Crippen LogP contribution in [-0.4, -0.2) is 40.3 Å². The molecule has 0 aromatic carbocycles. The van der Waals surface area contributed by atoms with E-state index in [9.17, 15) is 14.4 Å². The van der Waals surface area contributed by atoms with Crippen molar-refractivity contribution in [3.05, 3.63) is 0 Å². The van der Waals surface area contributed by atoms with Crippen molar-refractivity contribution in [1.82, 2.24) is 0 Å². The molecule has 0 amide bonds. The Balaban J connectivity index is 6.04. The van der Waals surface area contributed by atoms with Crippen LogP contribution in [0.25, 0.3) is 0 Å². The molecule has 0 saturated heterocycles. The van der Waals surface area contributed by atoms with Gasteiger partial charge in [0.2, 0.25) is 0 Å². The van der Waals surface area contributed by atoms with Crippen molar-refractivity contribution in [1.29, 1.82) is 0 Å². The molecule has 0 aliphatic carbocycles. The fourth-order valence-corrected chi connectivity index (χ4v) is 4.39. The second-order valence-electron chi connectivity index (χ2n) is 12.9. The summed E-state index contributed by atoms with van der Waals surface area (Å²) in [6, 6.07) is 0. The molecule has 0 aliphatic heterocycles. The zero-order valence-electron chi connectivity index (χ0n) is 24.2. The van der Waals surface area contributed by atoms with Crippen LogP contribution in [0.1, 0.15) is 123 Å². The van der Waals surface area contributed by atoms with Gasteiger partial charge in [-0.25, -0.2) is 0 Å². The Labute approximate surface area is 203 Å². The van der Waals surface area contributed by atoms with E-state index in [0.717, 1.165) is 0 Å². The SMILES string of the molecule is CCC(C)(CC(C)(CC)C(=O)C(C)(C)C(C)(C)OC(C)C(=O)C(C)(C)C)OC(C)(C)C(C)=O. The lowest BCUT2D eigenvalue weighted by Crippen LogP contribution is -2.56. The van der Waals surface area contributed by atoms with E-state index in [1.165, 1.54) is 6.92 Å². The average molecular weight is 469 g/mol. The van der Waals surface area contributed by atoms with Crippen LogP contribution in [0.15, 0.2) is 0 Å². The van der Waals surface area contributed by atoms with Crippen LogP contribution in [0, 0.1) is 16.2 Å². The van der Waals surface area contributed by atoms with Gasteiger partial charge in [0.1, 0.15) is 17.5 Å². The molecule has 194 valence electrons. The summed E-state index contributed by atoms with van der Waals surface area (Å²) in [5.41, 5.74) is -4.53. The van der Waals surface area contributed by atoms with Gasteiger partial charge in [-0.05, 0) is 67.7 Å². The lowest BCUT2D eigenvalue weighted by molar-refractivity contribution is -0.184. The van der Waals surface area contributed by atoms with Gasteiger partial charge in [0, 0.05) is 10.8 Å². The molecule has 0 aromatic heterocycles. The van der Waals surface area contributed by atoms with Gasteiger partial charge in [-0.3, -0.25) is 14.4 Å². The second kappa shape index (κ2) is 10.3. The van der Waals surface area contributed by atoms with Gasteiger partial charge in [-0.1, -0.05) is 55.4 Å². The predicted molar refractivity (Wildman–Crippen MR) is 135 cm³/mol. The Bertz CT molecular complexity index is 725. The molecule has 0 bridgehead atoms. The summed E-state index contributed by atoms with van der Waals surface area (Å²) >= 11 is 0. The molecule has 0 spiro atoms. The molecule has 0 fully saturated rings. The molecule has 0 rings (SSSR count). The number of carbonyl (C=O) groups is 3. The summed E-state index contributed by atoms with van der Waals surface area (Å²) in [5.74, 6) is 0.0383. The van der Waals surface area contributed by atoms with Gasteiger partial charge >= 0.3 is 0 Å². The maximum Gasteiger partial charge on any atom is 0.166 e. The molecule has 0 radical (unpaired) electrons. The first-order chi connectivity index (χ1) is 14.4. The van der Waals surface area contributed by atoms with Gasteiger partial charge in [0.05, 0.1) is 16.6 Å². The number of ketones is 3. The lowest BCUT2D eigenvalue weighted by atomic mass is 9.61. The first-order valence-corrected chi connectivity index (χ1v) is 12.4. The quantitative estimate of drug-likeness (QED) is 0.299. The van der Waals surface area contributed by atoms with Gasteiger partial charge in [-0.2, -0.15) is 0 Å². The van der Waals surface area contributed by atoms with Gasteiger partial charge in [0.25, 0.3) is 0 Å². The molecule has 0 saturated carbocycles. The number of Topliss-reactive ketones (excluding diaryl/α,β-unsaturated/α-hetero) is 3. The Morgan fingerprint density at radius 1 is 0.788 bits per heavy atom. The monoisotopic (exact) mass is 468 g/mol. The van der Waals surface area contributed by atoms with Crippen molar-refractivity contribution in [2.45, 2.75) is 146 Å². The zero-order valence-corrected chi connectivity index (χ0v) is 24.2. The van der Waals surface area contributed by atoms with E-state index in [-0.39, 0.29) is 17.3 Å². The maximum atomic E-state index is 14.1. The number of hydrogen-bond acceptors (Lipinski definition) is 5. The highest BCUT2D eigenvalue weighted by Gasteiger charge is 2.53. The minimum absolute atomic E-state index is 0.00972. The number of ether oxygens (including phenoxy) is 2. The summed E-state index contributed by atoms with van der Waals surface area (Å²) < 4.78 is 12.6. The summed E-state index contributed by atoms with van der Waals surface area (Å²) in [6.07, 6.45) is 1.16. The van der Waals surface area contributed by atoms with Crippen LogP contribution < -0.4 is 0 Å². The molecular weight excluding hydrogens is 416 g/mol. The number of carbonyl (C=O) groups excluding carboxylic acids is 3. The van der Waals surface area contributed by atoms with Crippen molar-refractivity contribution < 1.29 is 23.9 Å². The van der Waals surface area contributed by atoms with E-state index >= 15 is 0 Å². The van der Waals surface area contributed by atoms with E-state index in [1.54, 1.807) is 20.8 Å². The molecule has 0 N–H and O–H groups in total. The van der Waals surface area contributed by atoms with Crippen LogP contribution in [0.4, 0.5) is 0 Å². The van der Waals surface area contributed by atoms with Gasteiger partial charge in [-0.15, -0.1) is 0 Å². The van der Waals surface area contributed by atoms with Crippen molar-refractivity contribution in [2.75, 3.05) is 0 Å². The highest BCUT2D eigenvalue weighted by molar-refractivity contribution is 5.91. The maximum absolute atomic E-state index is 14.1. The van der Waals surface area contributed by atoms with Crippen molar-refractivity contribution >= 4 is 17.3 Å². The lowest BCUT2D eigenvalue weighted by Gasteiger charge is -2.48. The van der Waals surface area contributed by atoms with Crippen molar-refractivity contribution in [3.63, 3.8) is 0 Å². The summed E-state index contributed by atoms with van der Waals surface area (Å²) in [4.78, 5) is 39.0. The summed E-state index contributed by atoms with van der Waals surface area (Å²) in [6.45, 7) is 28.1. The Hall–Kier alpha value is -1.07.